The van der Waals surface area contributed by atoms with E-state index < -0.39 is 0 Å². The zero-order chi connectivity index (χ0) is 15.9. The number of para-hydroxylation sites is 2. The first-order valence-electron chi connectivity index (χ1n) is 7.95. The van der Waals surface area contributed by atoms with E-state index in [2.05, 4.69) is 38.3 Å². The summed E-state index contributed by atoms with van der Waals surface area (Å²) in [7, 11) is 0. The molecular weight excluding hydrogens is 274 g/mol. The van der Waals surface area contributed by atoms with Crippen LogP contribution >= 0.6 is 0 Å². The molecule has 0 bridgehead atoms. The zero-order valence-electron chi connectivity index (χ0n) is 13.8. The van der Waals surface area contributed by atoms with E-state index in [0.717, 1.165) is 41.9 Å². The average Bonchev–Trinajstić information content (AvgIpc) is 2.78. The lowest BCUT2D eigenvalue weighted by atomic mass is 9.92. The van der Waals surface area contributed by atoms with Crippen molar-refractivity contribution in [2.75, 3.05) is 0 Å². The predicted octanol–water partition coefficient (Wildman–Crippen LogP) is 3.75. The molecule has 4 heteroatoms. The third-order valence-electron chi connectivity index (χ3n) is 4.06. The second-order valence-electron chi connectivity index (χ2n) is 6.86. The van der Waals surface area contributed by atoms with Gasteiger partial charge in [0.05, 0.1) is 16.7 Å². The van der Waals surface area contributed by atoms with E-state index in [9.17, 15) is 4.79 Å². The van der Waals surface area contributed by atoms with Crippen molar-refractivity contribution in [3.8, 4) is 0 Å². The number of benzene rings is 1. The van der Waals surface area contributed by atoms with E-state index in [1.54, 1.807) is 10.5 Å². The Morgan fingerprint density at radius 3 is 2.45 bits per heavy atom. The summed E-state index contributed by atoms with van der Waals surface area (Å²) < 4.78 is 3.91. The Balaban J connectivity index is 2.41. The number of unbranched alkanes of at least 4 members (excludes halogenated alkanes) is 1. The van der Waals surface area contributed by atoms with Crippen LogP contribution in [-0.4, -0.2) is 14.0 Å². The van der Waals surface area contributed by atoms with Gasteiger partial charge in [-0.3, -0.25) is 4.79 Å². The number of imidazole rings is 1. The van der Waals surface area contributed by atoms with E-state index >= 15 is 0 Å². The topological polar surface area (TPSA) is 39.3 Å². The number of hydrogen-bond donors (Lipinski definition) is 0. The Morgan fingerprint density at radius 2 is 1.82 bits per heavy atom. The monoisotopic (exact) mass is 297 g/mol. The molecule has 0 amide bonds. The minimum absolute atomic E-state index is 0.00127. The van der Waals surface area contributed by atoms with Gasteiger partial charge in [0.25, 0.3) is 5.56 Å². The van der Waals surface area contributed by atoms with Crippen LogP contribution in [0.3, 0.4) is 0 Å². The maximum atomic E-state index is 12.7. The highest BCUT2D eigenvalue weighted by atomic mass is 16.1. The lowest BCUT2D eigenvalue weighted by Crippen LogP contribution is -2.22. The largest absolute Gasteiger partial charge is 0.310 e. The molecule has 0 unspecified atom stereocenters. The quantitative estimate of drug-likeness (QED) is 0.738. The van der Waals surface area contributed by atoms with Crippen molar-refractivity contribution in [2.45, 2.75) is 52.5 Å². The first-order chi connectivity index (χ1) is 10.4. The van der Waals surface area contributed by atoms with Crippen LogP contribution in [0.4, 0.5) is 0 Å². The van der Waals surface area contributed by atoms with Gasteiger partial charge in [0.15, 0.2) is 0 Å². The lowest BCUT2D eigenvalue weighted by Gasteiger charge is -2.17. The molecule has 0 atom stereocenters. The normalized spacial score (nSPS) is 12.4. The molecule has 2 aromatic heterocycles. The van der Waals surface area contributed by atoms with Crippen LogP contribution in [0.15, 0.2) is 35.1 Å². The fraction of sp³-hybridized carbons (Fsp3) is 0.444. The summed E-state index contributed by atoms with van der Waals surface area (Å²) in [5.74, 6) is 0.757. The summed E-state index contributed by atoms with van der Waals surface area (Å²) in [5, 5.41) is 0. The number of nitrogens with zero attached hydrogens (tertiary/aromatic N) is 3. The molecule has 0 saturated heterocycles. The second-order valence-corrected chi connectivity index (χ2v) is 6.86. The van der Waals surface area contributed by atoms with Gasteiger partial charge in [0, 0.05) is 18.0 Å². The number of aryl methyl sites for hydroxylation is 1. The minimum atomic E-state index is -0.139. The van der Waals surface area contributed by atoms with Crippen LogP contribution < -0.4 is 5.56 Å². The van der Waals surface area contributed by atoms with Gasteiger partial charge in [-0.25, -0.2) is 9.38 Å². The van der Waals surface area contributed by atoms with Crippen LogP contribution in [0, 0.1) is 0 Å². The highest BCUT2D eigenvalue weighted by Crippen LogP contribution is 2.23. The summed E-state index contributed by atoms with van der Waals surface area (Å²) >= 11 is 0. The molecule has 0 aliphatic carbocycles. The molecule has 22 heavy (non-hydrogen) atoms. The first kappa shape index (κ1) is 14.8. The summed E-state index contributed by atoms with van der Waals surface area (Å²) in [6, 6.07) is 9.71. The van der Waals surface area contributed by atoms with Crippen molar-refractivity contribution >= 4 is 16.8 Å². The first-order valence-corrected chi connectivity index (χ1v) is 7.95. The van der Waals surface area contributed by atoms with Crippen molar-refractivity contribution < 1.29 is 0 Å². The van der Waals surface area contributed by atoms with Gasteiger partial charge in [-0.1, -0.05) is 46.2 Å². The summed E-state index contributed by atoms with van der Waals surface area (Å²) in [6.45, 7) is 9.32. The highest BCUT2D eigenvalue weighted by molar-refractivity contribution is 5.80. The minimum Gasteiger partial charge on any atom is -0.310 e. The lowest BCUT2D eigenvalue weighted by molar-refractivity contribution is 0.563. The van der Waals surface area contributed by atoms with E-state index in [1.807, 2.05) is 18.2 Å². The van der Waals surface area contributed by atoms with E-state index in [4.69, 9.17) is 4.98 Å². The number of hydrogen-bond acceptors (Lipinski definition) is 2. The fourth-order valence-corrected chi connectivity index (χ4v) is 2.79. The Kier molecular flexibility index (Phi) is 3.55. The van der Waals surface area contributed by atoms with Crippen LogP contribution in [0.25, 0.3) is 16.8 Å². The maximum Gasteiger partial charge on any atom is 0.259 e. The van der Waals surface area contributed by atoms with Gasteiger partial charge in [-0.05, 0) is 18.6 Å². The van der Waals surface area contributed by atoms with Gasteiger partial charge in [0.2, 0.25) is 5.78 Å². The van der Waals surface area contributed by atoms with Gasteiger partial charge in [-0.15, -0.1) is 0 Å². The number of fused-ring (bicyclic) bond motifs is 3. The predicted molar refractivity (Wildman–Crippen MR) is 90.6 cm³/mol. The van der Waals surface area contributed by atoms with Crippen molar-refractivity contribution in [2.24, 2.45) is 0 Å². The second kappa shape index (κ2) is 5.27. The molecule has 0 aliphatic heterocycles. The summed E-state index contributed by atoms with van der Waals surface area (Å²) in [4.78, 5) is 17.5. The third kappa shape index (κ3) is 2.32. The van der Waals surface area contributed by atoms with Crippen LogP contribution in [0.1, 0.15) is 46.2 Å². The van der Waals surface area contributed by atoms with Crippen LogP contribution in [0.2, 0.25) is 0 Å². The Labute approximate surface area is 130 Å². The molecule has 0 radical (unpaired) electrons. The SMILES string of the molecule is CCCCn1c2ccccc2n2c(=O)cc(C(C)(C)C)nc12. The summed E-state index contributed by atoms with van der Waals surface area (Å²) in [6.07, 6.45) is 2.19. The molecular formula is C18H23N3O. The Hall–Kier alpha value is -2.10. The standard InChI is InChI=1S/C18H23N3O/c1-5-6-11-20-13-9-7-8-10-14(13)21-16(22)12-15(18(2,3)4)19-17(20)21/h7-10,12H,5-6,11H2,1-4H3. The van der Waals surface area contributed by atoms with Crippen LogP contribution in [0.5, 0.6) is 0 Å². The van der Waals surface area contributed by atoms with E-state index in [-0.39, 0.29) is 11.0 Å². The fourth-order valence-electron chi connectivity index (χ4n) is 2.79. The Morgan fingerprint density at radius 1 is 1.14 bits per heavy atom. The van der Waals surface area contributed by atoms with Crippen molar-refractivity contribution in [1.29, 1.82) is 0 Å². The molecule has 0 spiro atoms. The van der Waals surface area contributed by atoms with E-state index in [1.165, 1.54) is 0 Å². The molecule has 116 valence electrons. The molecule has 4 nitrogen and oxygen atoms in total. The molecule has 3 rings (SSSR count). The molecule has 1 aromatic carbocycles. The molecule has 2 heterocycles. The maximum absolute atomic E-state index is 12.7. The van der Waals surface area contributed by atoms with Gasteiger partial charge >= 0.3 is 0 Å². The van der Waals surface area contributed by atoms with Crippen molar-refractivity contribution in [3.05, 3.63) is 46.4 Å². The molecule has 0 fully saturated rings. The smallest absolute Gasteiger partial charge is 0.259 e. The zero-order valence-corrected chi connectivity index (χ0v) is 13.8. The molecule has 0 N–H and O–H groups in total. The van der Waals surface area contributed by atoms with Crippen LogP contribution in [-0.2, 0) is 12.0 Å². The van der Waals surface area contributed by atoms with Crippen molar-refractivity contribution in [3.63, 3.8) is 0 Å². The number of aromatic nitrogens is 3. The molecule has 0 saturated carbocycles. The molecule has 0 aliphatic rings. The Bertz CT molecular complexity index is 881. The molecule has 3 aromatic rings. The van der Waals surface area contributed by atoms with Gasteiger partial charge < -0.3 is 4.57 Å². The van der Waals surface area contributed by atoms with Gasteiger partial charge in [0.1, 0.15) is 0 Å². The third-order valence-corrected chi connectivity index (χ3v) is 4.06. The van der Waals surface area contributed by atoms with E-state index in [0.29, 0.717) is 0 Å². The average molecular weight is 297 g/mol. The highest BCUT2D eigenvalue weighted by Gasteiger charge is 2.20. The number of rotatable bonds is 3. The van der Waals surface area contributed by atoms with Crippen molar-refractivity contribution in [1.82, 2.24) is 14.0 Å². The summed E-state index contributed by atoms with van der Waals surface area (Å²) in [5.41, 5.74) is 2.72. The van der Waals surface area contributed by atoms with Gasteiger partial charge in [-0.2, -0.15) is 0 Å².